The number of carbonyl (C=O) groups is 1. The fourth-order valence-corrected chi connectivity index (χ4v) is 3.10. The van der Waals surface area contributed by atoms with E-state index in [1.54, 1.807) is 11.8 Å². The third kappa shape index (κ3) is 3.57. The molecule has 0 radical (unpaired) electrons. The maximum Gasteiger partial charge on any atom is 0.419 e. The molecule has 1 N–H and O–H groups in total. The van der Waals surface area contributed by atoms with Gasteiger partial charge in [-0.05, 0) is 12.5 Å². The predicted molar refractivity (Wildman–Crippen MR) is 84.0 cm³/mol. The lowest BCUT2D eigenvalue weighted by Gasteiger charge is -2.39. The number of piperidine rings is 1. The van der Waals surface area contributed by atoms with Crippen molar-refractivity contribution in [3.8, 4) is 0 Å². The van der Waals surface area contributed by atoms with E-state index in [0.717, 1.165) is 6.20 Å². The molecule has 1 spiro atoms. The first-order valence-electron chi connectivity index (χ1n) is 8.04. The molecule has 2 fully saturated rings. The molecule has 1 aromatic heterocycles. The van der Waals surface area contributed by atoms with Crippen LogP contribution < -0.4 is 10.2 Å². The Morgan fingerprint density at radius 3 is 2.38 bits per heavy atom. The third-order valence-electron chi connectivity index (χ3n) is 4.26. The van der Waals surface area contributed by atoms with Gasteiger partial charge in [0.2, 0.25) is 0 Å². The summed E-state index contributed by atoms with van der Waals surface area (Å²) in [5.41, 5.74) is -0.626. The van der Waals surface area contributed by atoms with Gasteiger partial charge in [0.15, 0.2) is 0 Å². The minimum absolute atomic E-state index is 0.176. The van der Waals surface area contributed by atoms with E-state index in [1.807, 2.05) is 13.8 Å². The summed E-state index contributed by atoms with van der Waals surface area (Å²) in [7, 11) is 0. The molecule has 0 aromatic carbocycles. The molecule has 0 saturated carbocycles. The van der Waals surface area contributed by atoms with Crippen LogP contribution >= 0.6 is 0 Å². The molecular formula is C16H22F3N3O2. The molecule has 2 aliphatic heterocycles. The lowest BCUT2D eigenvalue weighted by Crippen LogP contribution is -2.47. The van der Waals surface area contributed by atoms with Crippen molar-refractivity contribution in [1.29, 1.82) is 0 Å². The lowest BCUT2D eigenvalue weighted by molar-refractivity contribution is -0.137. The Labute approximate surface area is 139 Å². The SMILES string of the molecule is CC.Cc1cncc(C(F)(F)F)c1N1CCC2(CC1)CNC(=O)O2. The molecule has 8 heteroatoms. The number of alkyl carbamates (subject to hydrolysis) is 1. The fraction of sp³-hybridized carbons (Fsp3) is 0.625. The van der Waals surface area contributed by atoms with E-state index in [2.05, 4.69) is 10.3 Å². The highest BCUT2D eigenvalue weighted by atomic mass is 19.4. The number of pyridine rings is 1. The van der Waals surface area contributed by atoms with Gasteiger partial charge in [0.1, 0.15) is 5.60 Å². The molecule has 0 bridgehead atoms. The number of hydrogen-bond donors (Lipinski definition) is 1. The van der Waals surface area contributed by atoms with Crippen LogP contribution in [0.2, 0.25) is 0 Å². The number of alkyl halides is 3. The number of nitrogens with one attached hydrogen (secondary N) is 1. The zero-order chi connectivity index (χ0) is 18.0. The van der Waals surface area contributed by atoms with E-state index < -0.39 is 23.4 Å². The number of aromatic nitrogens is 1. The van der Waals surface area contributed by atoms with Crippen LogP contribution in [-0.4, -0.2) is 36.3 Å². The van der Waals surface area contributed by atoms with Crippen molar-refractivity contribution >= 4 is 11.8 Å². The van der Waals surface area contributed by atoms with Gasteiger partial charge in [-0.2, -0.15) is 13.2 Å². The summed E-state index contributed by atoms with van der Waals surface area (Å²) in [5.74, 6) is 0. The summed E-state index contributed by atoms with van der Waals surface area (Å²) < 4.78 is 44.8. The topological polar surface area (TPSA) is 54.5 Å². The Morgan fingerprint density at radius 2 is 1.88 bits per heavy atom. The number of rotatable bonds is 1. The quantitative estimate of drug-likeness (QED) is 0.846. The van der Waals surface area contributed by atoms with Gasteiger partial charge in [-0.1, -0.05) is 13.8 Å². The number of amides is 1. The molecule has 0 aliphatic carbocycles. The van der Waals surface area contributed by atoms with Gasteiger partial charge in [-0.15, -0.1) is 0 Å². The third-order valence-corrected chi connectivity index (χ3v) is 4.26. The number of ether oxygens (including phenoxy) is 1. The Bertz CT molecular complexity index is 597. The predicted octanol–water partition coefficient (Wildman–Crippen LogP) is 3.51. The molecule has 0 unspecified atom stereocenters. The Kier molecular flexibility index (Phi) is 5.25. The van der Waals surface area contributed by atoms with Gasteiger partial charge in [0.25, 0.3) is 0 Å². The van der Waals surface area contributed by atoms with Crippen molar-refractivity contribution < 1.29 is 22.7 Å². The minimum atomic E-state index is -4.44. The van der Waals surface area contributed by atoms with Crippen molar-refractivity contribution in [1.82, 2.24) is 10.3 Å². The Balaban J connectivity index is 0.00000100. The van der Waals surface area contributed by atoms with Crippen LogP contribution in [0, 0.1) is 6.92 Å². The molecule has 5 nitrogen and oxygen atoms in total. The van der Waals surface area contributed by atoms with Crippen LogP contribution in [0.15, 0.2) is 12.4 Å². The normalized spacial score (nSPS) is 19.4. The molecule has 2 aliphatic rings. The summed E-state index contributed by atoms with van der Waals surface area (Å²) in [4.78, 5) is 16.6. The average molecular weight is 345 g/mol. The van der Waals surface area contributed by atoms with Crippen LogP contribution in [0.5, 0.6) is 0 Å². The average Bonchev–Trinajstić information content (AvgIpc) is 2.90. The van der Waals surface area contributed by atoms with E-state index >= 15 is 0 Å². The summed E-state index contributed by atoms with van der Waals surface area (Å²) in [6, 6.07) is 0. The maximum absolute atomic E-state index is 13.2. The van der Waals surface area contributed by atoms with E-state index in [1.165, 1.54) is 6.20 Å². The summed E-state index contributed by atoms with van der Waals surface area (Å²) in [6.07, 6.45) is -1.58. The molecule has 3 rings (SSSR count). The monoisotopic (exact) mass is 345 g/mol. The maximum atomic E-state index is 13.2. The molecular weight excluding hydrogens is 323 g/mol. The molecule has 24 heavy (non-hydrogen) atoms. The summed E-state index contributed by atoms with van der Waals surface area (Å²) in [6.45, 7) is 6.85. The second-order valence-electron chi connectivity index (χ2n) is 5.76. The largest absolute Gasteiger partial charge is 0.441 e. The smallest absolute Gasteiger partial charge is 0.419 e. The zero-order valence-electron chi connectivity index (χ0n) is 14.0. The lowest BCUT2D eigenvalue weighted by atomic mass is 9.91. The van der Waals surface area contributed by atoms with Gasteiger partial charge < -0.3 is 15.0 Å². The highest BCUT2D eigenvalue weighted by Crippen LogP contribution is 2.40. The zero-order valence-corrected chi connectivity index (χ0v) is 14.0. The summed E-state index contributed by atoms with van der Waals surface area (Å²) in [5, 5.41) is 2.61. The molecule has 0 atom stereocenters. The number of carbonyl (C=O) groups excluding carboxylic acids is 1. The Morgan fingerprint density at radius 1 is 1.25 bits per heavy atom. The van der Waals surface area contributed by atoms with E-state index in [9.17, 15) is 18.0 Å². The van der Waals surface area contributed by atoms with Gasteiger partial charge in [-0.25, -0.2) is 4.79 Å². The van der Waals surface area contributed by atoms with Crippen molar-refractivity contribution in [3.05, 3.63) is 23.5 Å². The van der Waals surface area contributed by atoms with E-state index in [0.29, 0.717) is 38.0 Å². The standard InChI is InChI=1S/C14H16F3N3O2.C2H6/c1-9-6-18-7-10(14(15,16)17)11(9)20-4-2-13(3-5-20)8-19-12(21)22-13;1-2/h6-7H,2-5,8H2,1H3,(H,19,21);1-2H3. The Hall–Kier alpha value is -1.99. The highest BCUT2D eigenvalue weighted by Gasteiger charge is 2.44. The van der Waals surface area contributed by atoms with Crippen LogP contribution in [0.3, 0.4) is 0 Å². The van der Waals surface area contributed by atoms with Crippen molar-refractivity contribution in [2.45, 2.75) is 45.4 Å². The molecule has 1 amide bonds. The van der Waals surface area contributed by atoms with E-state index in [4.69, 9.17) is 4.74 Å². The fourth-order valence-electron chi connectivity index (χ4n) is 3.10. The van der Waals surface area contributed by atoms with Crippen LogP contribution in [0.25, 0.3) is 0 Å². The van der Waals surface area contributed by atoms with Crippen molar-refractivity contribution in [2.24, 2.45) is 0 Å². The van der Waals surface area contributed by atoms with Crippen LogP contribution in [0.4, 0.5) is 23.7 Å². The number of aryl methyl sites for hydroxylation is 1. The molecule has 1 aromatic rings. The van der Waals surface area contributed by atoms with Gasteiger partial charge in [0, 0.05) is 38.3 Å². The van der Waals surface area contributed by atoms with Gasteiger partial charge in [0.05, 0.1) is 17.8 Å². The van der Waals surface area contributed by atoms with Gasteiger partial charge >= 0.3 is 12.3 Å². The molecule has 134 valence electrons. The van der Waals surface area contributed by atoms with Crippen molar-refractivity contribution in [2.75, 3.05) is 24.5 Å². The van der Waals surface area contributed by atoms with E-state index in [-0.39, 0.29) is 5.69 Å². The first-order valence-corrected chi connectivity index (χ1v) is 8.04. The second-order valence-corrected chi connectivity index (χ2v) is 5.76. The molecule has 2 saturated heterocycles. The summed E-state index contributed by atoms with van der Waals surface area (Å²) >= 11 is 0. The number of hydrogen-bond acceptors (Lipinski definition) is 4. The number of anilines is 1. The first kappa shape index (κ1) is 18.4. The highest BCUT2D eigenvalue weighted by molar-refractivity contribution is 5.70. The number of halogens is 3. The first-order chi connectivity index (χ1) is 11.3. The minimum Gasteiger partial charge on any atom is -0.441 e. The van der Waals surface area contributed by atoms with Crippen LogP contribution in [0.1, 0.15) is 37.8 Å². The van der Waals surface area contributed by atoms with Gasteiger partial charge in [-0.3, -0.25) is 4.98 Å². The van der Waals surface area contributed by atoms with Crippen molar-refractivity contribution in [3.63, 3.8) is 0 Å². The van der Waals surface area contributed by atoms with Crippen LogP contribution in [-0.2, 0) is 10.9 Å². The number of nitrogens with zero attached hydrogens (tertiary/aromatic N) is 2. The molecule has 3 heterocycles. The second kappa shape index (κ2) is 6.86.